The zero-order chi connectivity index (χ0) is 43.5. The number of likely N-dealkylation sites (tertiary alicyclic amines) is 2. The summed E-state index contributed by atoms with van der Waals surface area (Å²) in [5.41, 5.74) is 5.03. The van der Waals surface area contributed by atoms with Gasteiger partial charge in [-0.15, -0.1) is 22.7 Å². The number of carbonyl (C=O) groups is 4. The van der Waals surface area contributed by atoms with Crippen molar-refractivity contribution in [2.45, 2.75) is 58.9 Å². The van der Waals surface area contributed by atoms with Crippen LogP contribution in [0.1, 0.15) is 74.9 Å². The normalized spacial score (nSPS) is 13.1. The molecule has 2 amide bonds. The van der Waals surface area contributed by atoms with Crippen molar-refractivity contribution in [3.05, 3.63) is 95.5 Å². The molecule has 4 N–H and O–H groups in total. The molecule has 4 aromatic heterocycles. The van der Waals surface area contributed by atoms with Crippen molar-refractivity contribution in [1.82, 2.24) is 40.4 Å². The Hall–Kier alpha value is -5.66. The first-order chi connectivity index (χ1) is 29.1. The quantitative estimate of drug-likeness (QED) is 0.0944. The molecule has 2 fully saturated rings. The van der Waals surface area contributed by atoms with E-state index < -0.39 is 0 Å². The van der Waals surface area contributed by atoms with Crippen LogP contribution in [0.2, 0.25) is 0 Å². The van der Waals surface area contributed by atoms with E-state index in [2.05, 4.69) is 85.1 Å². The van der Waals surface area contributed by atoms with Gasteiger partial charge in [0.15, 0.2) is 0 Å². The van der Waals surface area contributed by atoms with E-state index >= 15 is 0 Å². The number of rotatable bonds is 7. The second-order valence-electron chi connectivity index (χ2n) is 13.7. The van der Waals surface area contributed by atoms with Crippen molar-refractivity contribution in [3.8, 4) is 22.4 Å². The van der Waals surface area contributed by atoms with Gasteiger partial charge in [0.1, 0.15) is 6.29 Å². The minimum Gasteiger partial charge on any atom is -0.471 e. The van der Waals surface area contributed by atoms with Gasteiger partial charge in [0.2, 0.25) is 11.8 Å². The molecular weight excluding hydrogens is 797 g/mol. The van der Waals surface area contributed by atoms with Gasteiger partial charge in [-0.1, -0.05) is 62.4 Å². The summed E-state index contributed by atoms with van der Waals surface area (Å²) in [6.45, 7) is 10.5. The molecule has 0 aliphatic carbocycles. The summed E-state index contributed by atoms with van der Waals surface area (Å²) in [5, 5.41) is 5.39. The standard InChI is InChI=1S/C18H10N4S2.C9H11NO.C8H14N2O2.C5H11N.C3H8.C2H4O2/c1(11-2-4-13-14(5-11)22-10-21-13)3-12-6-17-18(23-12)7-16(24-17)15-8-19-9-20-15;1-10-9(7-11)8-5-3-2-4-6-8;1-7(11)9-6-8(12)10-4-2-3-5-10;1-6-4-2-3-5-6;1-3-2;1-4-2-3/h2,4-10H,(H,19,20)(H,21,22);2-7,9-10H,1H3;2-6H2,1H3,(H,9,11);2-5H2,1H3;3H2,1-2H3;2H,1H3/t;9-;;;;/m.0..../s1. The zero-order valence-electron chi connectivity index (χ0n) is 35.5. The van der Waals surface area contributed by atoms with Crippen LogP contribution in [0.25, 0.3) is 31.0 Å². The van der Waals surface area contributed by atoms with Crippen molar-refractivity contribution in [2.75, 3.05) is 53.9 Å². The van der Waals surface area contributed by atoms with Gasteiger partial charge in [-0.05, 0) is 88.8 Å². The van der Waals surface area contributed by atoms with E-state index in [1.54, 1.807) is 47.3 Å². The third-order valence-electron chi connectivity index (χ3n) is 8.70. The van der Waals surface area contributed by atoms with Crippen molar-refractivity contribution in [2.24, 2.45) is 0 Å². The second-order valence-corrected chi connectivity index (χ2v) is 15.8. The molecule has 8 rings (SSSR count). The number of hydrogen-bond donors (Lipinski definition) is 4. The van der Waals surface area contributed by atoms with Gasteiger partial charge in [0.05, 0.1) is 65.0 Å². The van der Waals surface area contributed by atoms with Gasteiger partial charge in [0, 0.05) is 35.0 Å². The van der Waals surface area contributed by atoms with Gasteiger partial charge < -0.3 is 39.9 Å². The number of carbonyl (C=O) groups excluding carboxylic acids is 4. The number of fused-ring (bicyclic) bond motifs is 2. The lowest BCUT2D eigenvalue weighted by molar-refractivity contribution is -0.131. The lowest BCUT2D eigenvalue weighted by Gasteiger charge is -2.14. The average Bonchev–Trinajstić information content (AvgIpc) is 4.11. The predicted octanol–water partition coefficient (Wildman–Crippen LogP) is 7.44. The second kappa shape index (κ2) is 27.9. The molecule has 15 heteroatoms. The Morgan fingerprint density at radius 2 is 1.58 bits per heavy atom. The van der Waals surface area contributed by atoms with Gasteiger partial charge in [0.25, 0.3) is 6.47 Å². The summed E-state index contributed by atoms with van der Waals surface area (Å²) >= 11 is 3.48. The summed E-state index contributed by atoms with van der Waals surface area (Å²) in [6.07, 6.45) is 12.4. The third kappa shape index (κ3) is 17.3. The Morgan fingerprint density at radius 1 is 0.917 bits per heavy atom. The molecular formula is C45H58N8O5S2. The van der Waals surface area contributed by atoms with Crippen molar-refractivity contribution < 1.29 is 23.9 Å². The number of amides is 2. The molecule has 2 saturated heterocycles. The van der Waals surface area contributed by atoms with Crippen LogP contribution in [0.4, 0.5) is 0 Å². The number of imidazole rings is 2. The summed E-state index contributed by atoms with van der Waals surface area (Å²) in [5.74, 6) is 6.39. The van der Waals surface area contributed by atoms with E-state index in [1.807, 2.05) is 54.7 Å². The van der Waals surface area contributed by atoms with Crippen LogP contribution in [0, 0.1) is 11.8 Å². The number of thiophene rings is 2. The van der Waals surface area contributed by atoms with Crippen molar-refractivity contribution in [3.63, 3.8) is 0 Å². The maximum Gasteiger partial charge on any atom is 0.292 e. The Morgan fingerprint density at radius 3 is 2.13 bits per heavy atom. The SMILES string of the molecule is C(#Cc1cc2sc(-c3cnc[nH]3)cc2s1)c1ccc2nc[nH]c2c1.CC(=O)NCC(=O)N1CCCC1.CCC.CN1CCCC1.CN[C@@H](C=O)c1ccccc1.COC=O. The minimum atomic E-state index is -0.170. The van der Waals surface area contributed by atoms with Gasteiger partial charge in [-0.2, -0.15) is 0 Å². The molecule has 60 heavy (non-hydrogen) atoms. The van der Waals surface area contributed by atoms with Crippen LogP contribution >= 0.6 is 22.7 Å². The molecule has 2 aliphatic heterocycles. The largest absolute Gasteiger partial charge is 0.471 e. The smallest absolute Gasteiger partial charge is 0.292 e. The number of benzene rings is 2. The lowest BCUT2D eigenvalue weighted by atomic mass is 10.1. The summed E-state index contributed by atoms with van der Waals surface area (Å²) in [7, 11) is 5.26. The number of nitrogens with one attached hydrogen (secondary N) is 4. The number of nitrogens with zero attached hydrogens (tertiary/aromatic N) is 4. The highest BCUT2D eigenvalue weighted by Gasteiger charge is 2.17. The Bertz CT molecular complexity index is 2160. The van der Waals surface area contributed by atoms with Gasteiger partial charge in [-0.25, -0.2) is 9.97 Å². The zero-order valence-corrected chi connectivity index (χ0v) is 37.1. The first kappa shape index (κ1) is 48.7. The number of methoxy groups -OCH3 is 1. The molecule has 0 unspecified atom stereocenters. The molecule has 1 atom stereocenters. The highest BCUT2D eigenvalue weighted by molar-refractivity contribution is 7.29. The van der Waals surface area contributed by atoms with E-state index in [4.69, 9.17) is 4.79 Å². The highest BCUT2D eigenvalue weighted by atomic mass is 32.1. The van der Waals surface area contributed by atoms with Crippen LogP contribution < -0.4 is 10.6 Å². The predicted molar refractivity (Wildman–Crippen MR) is 244 cm³/mol. The minimum absolute atomic E-state index is 0.0303. The fourth-order valence-corrected chi connectivity index (χ4v) is 7.92. The van der Waals surface area contributed by atoms with Crippen LogP contribution in [0.5, 0.6) is 0 Å². The van der Waals surface area contributed by atoms with Gasteiger partial charge >= 0.3 is 0 Å². The highest BCUT2D eigenvalue weighted by Crippen LogP contribution is 2.37. The number of aldehydes is 1. The van der Waals surface area contributed by atoms with E-state index in [0.29, 0.717) is 6.47 Å². The van der Waals surface area contributed by atoms with Crippen molar-refractivity contribution >= 4 is 67.7 Å². The lowest BCUT2D eigenvalue weighted by Crippen LogP contribution is -2.37. The summed E-state index contributed by atoms with van der Waals surface area (Å²) in [4.78, 5) is 62.2. The van der Waals surface area contributed by atoms with Crippen LogP contribution in [0.3, 0.4) is 0 Å². The molecule has 0 saturated carbocycles. The van der Waals surface area contributed by atoms with Crippen molar-refractivity contribution in [1.29, 1.82) is 0 Å². The maximum atomic E-state index is 11.3. The molecule has 0 spiro atoms. The van der Waals surface area contributed by atoms with Crippen LogP contribution in [-0.4, -0.2) is 108 Å². The van der Waals surface area contributed by atoms with E-state index in [9.17, 15) is 14.4 Å². The Labute approximate surface area is 361 Å². The topological polar surface area (TPSA) is 165 Å². The first-order valence-corrected chi connectivity index (χ1v) is 21.6. The molecule has 6 aromatic rings. The fraction of sp³-hybridized carbons (Fsp3) is 0.378. The maximum absolute atomic E-state index is 11.3. The van der Waals surface area contributed by atoms with Crippen LogP contribution in [0.15, 0.2) is 79.5 Å². The number of hydrogen-bond acceptors (Lipinski definition) is 11. The molecule has 320 valence electrons. The van der Waals surface area contributed by atoms with Gasteiger partial charge in [-0.3, -0.25) is 14.4 Å². The monoisotopic (exact) mass is 854 g/mol. The summed E-state index contributed by atoms with van der Waals surface area (Å²) in [6, 6.07) is 19.8. The average molecular weight is 855 g/mol. The van der Waals surface area contributed by atoms with E-state index in [-0.39, 0.29) is 24.4 Å². The Kier molecular flexibility index (Phi) is 22.7. The molecule has 0 bridgehead atoms. The molecule has 13 nitrogen and oxygen atoms in total. The number of aromatic amines is 2. The number of ether oxygens (including phenoxy) is 1. The van der Waals surface area contributed by atoms with E-state index in [0.717, 1.165) is 64.9 Å². The molecule has 2 aliphatic rings. The summed E-state index contributed by atoms with van der Waals surface area (Å²) < 4.78 is 6.39. The fourth-order valence-electron chi connectivity index (χ4n) is 5.70. The molecule has 6 heterocycles. The number of likely N-dealkylation sites (N-methyl/N-ethyl adjacent to an activating group) is 1. The third-order valence-corrected chi connectivity index (χ3v) is 10.9. The number of aromatic nitrogens is 4. The number of H-pyrrole nitrogens is 2. The molecule has 2 aromatic carbocycles. The molecule has 0 radical (unpaired) electrons. The van der Waals surface area contributed by atoms with E-state index in [1.165, 1.54) is 60.7 Å². The first-order valence-electron chi connectivity index (χ1n) is 20.0. The Balaban J connectivity index is 0.000000225. The van der Waals surface area contributed by atoms with Crippen LogP contribution in [-0.2, 0) is 23.9 Å².